The smallest absolute Gasteiger partial charge is 0.416 e. The van der Waals surface area contributed by atoms with Crippen LogP contribution >= 0.6 is 0 Å². The summed E-state index contributed by atoms with van der Waals surface area (Å²) in [6.07, 6.45) is -4.46. The fraction of sp³-hybridized carbons (Fsp3) is 0.500. The molecule has 0 spiro atoms. The number of ether oxygens (including phenoxy) is 2. The molecule has 1 aliphatic rings. The molecule has 2 heterocycles. The van der Waals surface area contributed by atoms with Crippen LogP contribution in [0.15, 0.2) is 24.3 Å². The molecule has 0 unspecified atom stereocenters. The second-order valence-corrected chi connectivity index (χ2v) is 6.36. The van der Waals surface area contributed by atoms with Crippen molar-refractivity contribution in [3.8, 4) is 6.01 Å². The normalized spacial score (nSPS) is 15.3. The van der Waals surface area contributed by atoms with Crippen molar-refractivity contribution < 1.29 is 22.6 Å². The minimum Gasteiger partial charge on any atom is -0.464 e. The molecule has 3 rings (SSSR count). The molecule has 0 saturated carbocycles. The monoisotopic (exact) mass is 412 g/mol. The van der Waals surface area contributed by atoms with Crippen molar-refractivity contribution in [2.45, 2.75) is 13.1 Å². The Morgan fingerprint density at radius 3 is 2.66 bits per heavy atom. The highest BCUT2D eigenvalue weighted by molar-refractivity contribution is 5.59. The summed E-state index contributed by atoms with van der Waals surface area (Å²) in [4.78, 5) is 16.0. The number of aromatic nitrogens is 3. The molecule has 8 nitrogen and oxygen atoms in total. The van der Waals surface area contributed by atoms with Crippen LogP contribution in [-0.4, -0.2) is 65.9 Å². The third kappa shape index (κ3) is 5.67. The number of hydrogen-bond acceptors (Lipinski definition) is 8. The Balaban J connectivity index is 1.93. The summed E-state index contributed by atoms with van der Waals surface area (Å²) in [6, 6.07) is 5.05. The molecule has 1 aromatic heterocycles. The van der Waals surface area contributed by atoms with Crippen LogP contribution in [0.3, 0.4) is 0 Å². The van der Waals surface area contributed by atoms with Crippen molar-refractivity contribution in [3.63, 3.8) is 0 Å². The molecule has 29 heavy (non-hydrogen) atoms. The van der Waals surface area contributed by atoms with Gasteiger partial charge in [0.15, 0.2) is 0 Å². The van der Waals surface area contributed by atoms with Gasteiger partial charge in [0.1, 0.15) is 0 Å². The van der Waals surface area contributed by atoms with Gasteiger partial charge in [0.2, 0.25) is 11.9 Å². The molecule has 0 amide bonds. The maximum atomic E-state index is 13.2. The van der Waals surface area contributed by atoms with Gasteiger partial charge in [-0.1, -0.05) is 6.07 Å². The zero-order chi connectivity index (χ0) is 20.9. The van der Waals surface area contributed by atoms with Crippen molar-refractivity contribution >= 4 is 17.6 Å². The predicted molar refractivity (Wildman–Crippen MR) is 101 cm³/mol. The topological polar surface area (TPSA) is 89.6 Å². The molecule has 0 aliphatic carbocycles. The molecule has 1 saturated heterocycles. The summed E-state index contributed by atoms with van der Waals surface area (Å²) >= 11 is 0. The number of hydrogen-bond donors (Lipinski definition) is 1. The average molecular weight is 412 g/mol. The van der Waals surface area contributed by atoms with Gasteiger partial charge in [0, 0.05) is 31.9 Å². The fourth-order valence-electron chi connectivity index (χ4n) is 2.94. The Bertz CT molecular complexity index is 814. The summed E-state index contributed by atoms with van der Waals surface area (Å²) in [5.74, 6) is 0.0651. The van der Waals surface area contributed by atoms with Gasteiger partial charge in [0.25, 0.3) is 0 Å². The van der Waals surface area contributed by atoms with Crippen molar-refractivity contribution in [3.05, 3.63) is 29.8 Å². The molecule has 2 N–H and O–H groups in total. The second-order valence-electron chi connectivity index (χ2n) is 6.36. The van der Waals surface area contributed by atoms with Gasteiger partial charge in [0.05, 0.1) is 25.4 Å². The lowest BCUT2D eigenvalue weighted by atomic mass is 10.2. The molecule has 1 fully saturated rings. The lowest BCUT2D eigenvalue weighted by molar-refractivity contribution is -0.137. The molecular weight excluding hydrogens is 389 g/mol. The lowest BCUT2D eigenvalue weighted by Gasteiger charge is -2.30. The van der Waals surface area contributed by atoms with Crippen LogP contribution in [0.5, 0.6) is 6.01 Å². The standard InChI is InChI=1S/C18H23F3N6O2/c1-2-29-17-24-15(22)23-16(25-17)27(7-6-26-8-10-28-11-9-26)14-5-3-4-13(12-14)18(19,20)21/h3-5,12H,2,6-11H2,1H3,(H2,22,23,24,25). The first-order valence-electron chi connectivity index (χ1n) is 9.26. The first kappa shape index (κ1) is 21.1. The SMILES string of the molecule is CCOc1nc(N)nc(N(CCN2CCOCC2)c2cccc(C(F)(F)F)c2)n1. The summed E-state index contributed by atoms with van der Waals surface area (Å²) in [7, 11) is 0. The van der Waals surface area contributed by atoms with Crippen molar-refractivity contribution in [2.75, 3.05) is 56.6 Å². The number of morpholine rings is 1. The Kier molecular flexibility index (Phi) is 6.70. The Morgan fingerprint density at radius 1 is 1.21 bits per heavy atom. The van der Waals surface area contributed by atoms with E-state index in [-0.39, 0.29) is 17.9 Å². The number of rotatable bonds is 7. The molecular formula is C18H23F3N6O2. The maximum Gasteiger partial charge on any atom is 0.416 e. The molecule has 2 aromatic rings. The molecule has 1 aromatic carbocycles. The van der Waals surface area contributed by atoms with Gasteiger partial charge in [-0.15, -0.1) is 0 Å². The summed E-state index contributed by atoms with van der Waals surface area (Å²) in [6.45, 7) is 5.78. The molecule has 11 heteroatoms. The van der Waals surface area contributed by atoms with Crippen LogP contribution < -0.4 is 15.4 Å². The minimum absolute atomic E-state index is 0.0262. The number of halogens is 3. The number of nitrogens with zero attached hydrogens (tertiary/aromatic N) is 5. The van der Waals surface area contributed by atoms with E-state index in [0.29, 0.717) is 38.6 Å². The zero-order valence-electron chi connectivity index (χ0n) is 16.0. The average Bonchev–Trinajstić information content (AvgIpc) is 2.68. The highest BCUT2D eigenvalue weighted by Crippen LogP contribution is 2.33. The third-order valence-electron chi connectivity index (χ3n) is 4.36. The first-order chi connectivity index (χ1) is 13.9. The van der Waals surface area contributed by atoms with Gasteiger partial charge >= 0.3 is 12.2 Å². The molecule has 1 aliphatic heterocycles. The Hall–Kier alpha value is -2.66. The van der Waals surface area contributed by atoms with Crippen LogP contribution in [0, 0.1) is 0 Å². The second kappa shape index (κ2) is 9.23. The number of nitrogen functional groups attached to an aromatic ring is 1. The number of anilines is 3. The quantitative estimate of drug-likeness (QED) is 0.741. The fourth-order valence-corrected chi connectivity index (χ4v) is 2.94. The maximum absolute atomic E-state index is 13.2. The molecule has 0 atom stereocenters. The number of benzene rings is 1. The highest BCUT2D eigenvalue weighted by Gasteiger charge is 2.31. The van der Waals surface area contributed by atoms with Crippen molar-refractivity contribution in [1.82, 2.24) is 19.9 Å². The third-order valence-corrected chi connectivity index (χ3v) is 4.36. The van der Waals surface area contributed by atoms with E-state index in [4.69, 9.17) is 15.2 Å². The van der Waals surface area contributed by atoms with E-state index in [0.717, 1.165) is 25.2 Å². The highest BCUT2D eigenvalue weighted by atomic mass is 19.4. The van der Waals surface area contributed by atoms with E-state index in [1.807, 2.05) is 0 Å². The van der Waals surface area contributed by atoms with E-state index in [2.05, 4.69) is 19.9 Å². The molecule has 0 radical (unpaired) electrons. The zero-order valence-corrected chi connectivity index (χ0v) is 16.0. The van der Waals surface area contributed by atoms with Gasteiger partial charge in [-0.05, 0) is 25.1 Å². The molecule has 0 bridgehead atoms. The summed E-state index contributed by atoms with van der Waals surface area (Å²) in [5, 5.41) is 0. The predicted octanol–water partition coefficient (Wildman–Crippen LogP) is 2.34. The van der Waals surface area contributed by atoms with E-state index in [1.54, 1.807) is 17.9 Å². The number of nitrogens with two attached hydrogens (primary N) is 1. The van der Waals surface area contributed by atoms with Gasteiger partial charge in [-0.3, -0.25) is 4.90 Å². The van der Waals surface area contributed by atoms with Crippen molar-refractivity contribution in [1.29, 1.82) is 0 Å². The minimum atomic E-state index is -4.46. The van der Waals surface area contributed by atoms with E-state index in [9.17, 15) is 13.2 Å². The Labute approximate surface area is 166 Å². The van der Waals surface area contributed by atoms with Gasteiger partial charge < -0.3 is 20.1 Å². The van der Waals surface area contributed by atoms with Crippen LogP contribution in [0.25, 0.3) is 0 Å². The van der Waals surface area contributed by atoms with Gasteiger partial charge in [-0.25, -0.2) is 0 Å². The van der Waals surface area contributed by atoms with Crippen LogP contribution in [0.1, 0.15) is 12.5 Å². The van der Waals surface area contributed by atoms with Crippen LogP contribution in [0.2, 0.25) is 0 Å². The van der Waals surface area contributed by atoms with Crippen LogP contribution in [0.4, 0.5) is 30.8 Å². The summed E-state index contributed by atoms with van der Waals surface area (Å²) < 4.78 is 50.3. The Morgan fingerprint density at radius 2 is 1.97 bits per heavy atom. The van der Waals surface area contributed by atoms with Crippen molar-refractivity contribution in [2.24, 2.45) is 0 Å². The first-order valence-corrected chi connectivity index (χ1v) is 9.26. The number of alkyl halides is 3. The van der Waals surface area contributed by atoms with Gasteiger partial charge in [-0.2, -0.15) is 28.1 Å². The lowest BCUT2D eigenvalue weighted by Crippen LogP contribution is -2.41. The van der Waals surface area contributed by atoms with E-state index < -0.39 is 11.7 Å². The summed E-state index contributed by atoms with van der Waals surface area (Å²) in [5.41, 5.74) is 5.32. The van der Waals surface area contributed by atoms with E-state index in [1.165, 1.54) is 6.07 Å². The largest absolute Gasteiger partial charge is 0.464 e. The van der Waals surface area contributed by atoms with E-state index >= 15 is 0 Å². The molecule has 158 valence electrons. The van der Waals surface area contributed by atoms with Crippen LogP contribution in [-0.2, 0) is 10.9 Å².